The van der Waals surface area contributed by atoms with Gasteiger partial charge in [0.05, 0.1) is 17.7 Å². The number of ether oxygens (including phenoxy) is 2. The van der Waals surface area contributed by atoms with Crippen molar-refractivity contribution in [2.24, 2.45) is 0 Å². The number of rotatable bonds is 6. The smallest absolute Gasteiger partial charge is 0.348 e. The van der Waals surface area contributed by atoms with E-state index in [9.17, 15) is 14.9 Å². The molecule has 2 rings (SSSR count). The topological polar surface area (TPSA) is 102 Å². The predicted molar refractivity (Wildman–Crippen MR) is 99.1 cm³/mol. The van der Waals surface area contributed by atoms with Gasteiger partial charge in [-0.05, 0) is 30.5 Å². The molecular weight excluding hydrogens is 352 g/mol. The molecule has 0 fully saturated rings. The minimum atomic E-state index is -0.585. The molecule has 136 valence electrons. The number of benzene rings is 1. The minimum Gasteiger partial charge on any atom is -0.462 e. The van der Waals surface area contributed by atoms with Gasteiger partial charge < -0.3 is 15.2 Å². The number of nitrogen functional groups attached to an aromatic ring is 1. The molecule has 2 aromatic rings. The van der Waals surface area contributed by atoms with E-state index in [4.69, 9.17) is 15.2 Å². The summed E-state index contributed by atoms with van der Waals surface area (Å²) in [6, 6.07) is 9.07. The van der Waals surface area contributed by atoms with Crippen molar-refractivity contribution in [1.82, 2.24) is 0 Å². The molecule has 0 aliphatic rings. The van der Waals surface area contributed by atoms with E-state index in [0.717, 1.165) is 16.9 Å². The Bertz CT molecular complexity index is 848. The van der Waals surface area contributed by atoms with Gasteiger partial charge in [0.1, 0.15) is 22.6 Å². The molecule has 0 aliphatic carbocycles. The first-order chi connectivity index (χ1) is 12.4. The Balaban J connectivity index is 2.19. The molecule has 7 heteroatoms. The average Bonchev–Trinajstić information content (AvgIpc) is 2.95. The molecule has 0 amide bonds. The number of esters is 2. The van der Waals surface area contributed by atoms with Gasteiger partial charge in [-0.3, -0.25) is 0 Å². The van der Waals surface area contributed by atoms with E-state index in [-0.39, 0.29) is 34.2 Å². The van der Waals surface area contributed by atoms with Crippen LogP contribution in [0.3, 0.4) is 0 Å². The number of carbonyl (C=O) groups excluding carboxylic acids is 2. The van der Waals surface area contributed by atoms with E-state index in [2.05, 4.69) is 13.8 Å². The summed E-state index contributed by atoms with van der Waals surface area (Å²) in [6.07, 6.45) is 0. The maximum absolute atomic E-state index is 12.3. The molecule has 0 saturated carbocycles. The lowest BCUT2D eigenvalue weighted by molar-refractivity contribution is 0.0452. The van der Waals surface area contributed by atoms with E-state index in [1.54, 1.807) is 19.1 Å². The van der Waals surface area contributed by atoms with Crippen molar-refractivity contribution in [3.8, 4) is 6.07 Å². The third-order valence-corrected chi connectivity index (χ3v) is 4.81. The van der Waals surface area contributed by atoms with E-state index in [1.807, 2.05) is 18.2 Å². The molecule has 26 heavy (non-hydrogen) atoms. The van der Waals surface area contributed by atoms with Crippen molar-refractivity contribution < 1.29 is 19.1 Å². The van der Waals surface area contributed by atoms with Gasteiger partial charge in [-0.1, -0.05) is 26.0 Å². The van der Waals surface area contributed by atoms with E-state index in [1.165, 1.54) is 0 Å². The fourth-order valence-corrected chi connectivity index (χ4v) is 3.25. The first-order valence-corrected chi connectivity index (χ1v) is 8.96. The summed E-state index contributed by atoms with van der Waals surface area (Å²) in [6.45, 7) is 5.78. The molecule has 0 atom stereocenters. The van der Waals surface area contributed by atoms with Crippen LogP contribution in [0, 0.1) is 11.3 Å². The van der Waals surface area contributed by atoms with Crippen molar-refractivity contribution in [3.63, 3.8) is 0 Å². The number of carbonyl (C=O) groups is 2. The van der Waals surface area contributed by atoms with Gasteiger partial charge in [0.15, 0.2) is 0 Å². The van der Waals surface area contributed by atoms with Gasteiger partial charge in [0.2, 0.25) is 0 Å². The summed E-state index contributed by atoms with van der Waals surface area (Å²) >= 11 is 0.956. The lowest BCUT2D eigenvalue weighted by atomic mass is 10.0. The van der Waals surface area contributed by atoms with Crippen molar-refractivity contribution in [2.75, 3.05) is 12.3 Å². The van der Waals surface area contributed by atoms with Crippen LogP contribution in [0.15, 0.2) is 24.3 Å². The monoisotopic (exact) mass is 372 g/mol. The number of hydrogen-bond acceptors (Lipinski definition) is 7. The molecule has 0 aliphatic heterocycles. The Hall–Kier alpha value is -2.85. The molecule has 6 nitrogen and oxygen atoms in total. The second-order valence-corrected chi connectivity index (χ2v) is 6.89. The normalized spacial score (nSPS) is 10.4. The zero-order valence-corrected chi connectivity index (χ0v) is 15.7. The number of thiophene rings is 1. The molecule has 2 N–H and O–H groups in total. The molecule has 0 saturated heterocycles. The predicted octanol–water partition coefficient (Wildman–Crippen LogP) is 3.86. The van der Waals surface area contributed by atoms with Crippen LogP contribution < -0.4 is 5.73 Å². The van der Waals surface area contributed by atoms with Gasteiger partial charge in [-0.15, -0.1) is 11.3 Å². The highest BCUT2D eigenvalue weighted by Gasteiger charge is 2.24. The van der Waals surface area contributed by atoms with Crippen LogP contribution in [0.4, 0.5) is 5.00 Å². The molecule has 1 heterocycles. The van der Waals surface area contributed by atoms with Gasteiger partial charge in [0, 0.05) is 5.56 Å². The van der Waals surface area contributed by atoms with Crippen LogP contribution in [0.1, 0.15) is 63.4 Å². The summed E-state index contributed by atoms with van der Waals surface area (Å²) in [5.41, 5.74) is 7.73. The highest BCUT2D eigenvalue weighted by molar-refractivity contribution is 7.18. The fourth-order valence-electron chi connectivity index (χ4n) is 2.33. The van der Waals surface area contributed by atoms with Crippen LogP contribution >= 0.6 is 11.3 Å². The number of nitrogens with zero attached hydrogens (tertiary/aromatic N) is 1. The highest BCUT2D eigenvalue weighted by Crippen LogP contribution is 2.32. The number of nitrogens with two attached hydrogens (primary N) is 1. The van der Waals surface area contributed by atoms with E-state index >= 15 is 0 Å². The Kier molecular flexibility index (Phi) is 6.36. The van der Waals surface area contributed by atoms with Gasteiger partial charge in [-0.2, -0.15) is 5.26 Å². The number of hydrogen-bond donors (Lipinski definition) is 1. The van der Waals surface area contributed by atoms with Crippen LogP contribution in [0.2, 0.25) is 0 Å². The quantitative estimate of drug-likeness (QED) is 0.773. The molecule has 0 spiro atoms. The SMILES string of the molecule is CCOC(=O)c1sc(N)c(C#N)c1COC(=O)c1ccc(C(C)C)cc1. The summed E-state index contributed by atoms with van der Waals surface area (Å²) in [5, 5.41) is 9.47. The Labute approximate surface area is 156 Å². The average molecular weight is 372 g/mol. The molecule has 1 aromatic heterocycles. The lowest BCUT2D eigenvalue weighted by Gasteiger charge is -2.08. The van der Waals surface area contributed by atoms with Gasteiger partial charge >= 0.3 is 11.9 Å². The lowest BCUT2D eigenvalue weighted by Crippen LogP contribution is -2.10. The van der Waals surface area contributed by atoms with Crippen molar-refractivity contribution in [2.45, 2.75) is 33.3 Å². The molecule has 0 radical (unpaired) electrons. The second kappa shape index (κ2) is 8.50. The zero-order valence-electron chi connectivity index (χ0n) is 14.9. The summed E-state index contributed by atoms with van der Waals surface area (Å²) in [4.78, 5) is 24.5. The first kappa shape index (κ1) is 19.5. The Morgan fingerprint density at radius 3 is 2.38 bits per heavy atom. The molecule has 0 bridgehead atoms. The number of anilines is 1. The summed E-state index contributed by atoms with van der Waals surface area (Å²) in [5.74, 6) is -0.763. The second-order valence-electron chi connectivity index (χ2n) is 5.83. The molecule has 0 unspecified atom stereocenters. The molecular formula is C19H20N2O4S. The summed E-state index contributed by atoms with van der Waals surface area (Å²) in [7, 11) is 0. The van der Waals surface area contributed by atoms with Crippen LogP contribution in [-0.2, 0) is 16.1 Å². The highest BCUT2D eigenvalue weighted by atomic mass is 32.1. The van der Waals surface area contributed by atoms with Crippen molar-refractivity contribution in [1.29, 1.82) is 5.26 Å². The third-order valence-electron chi connectivity index (χ3n) is 3.77. The van der Waals surface area contributed by atoms with Crippen LogP contribution in [-0.4, -0.2) is 18.5 Å². The van der Waals surface area contributed by atoms with Gasteiger partial charge in [0.25, 0.3) is 0 Å². The fraction of sp³-hybridized carbons (Fsp3) is 0.316. The Morgan fingerprint density at radius 1 is 1.19 bits per heavy atom. The number of nitriles is 1. The van der Waals surface area contributed by atoms with Crippen molar-refractivity contribution >= 4 is 28.3 Å². The minimum absolute atomic E-state index is 0.140. The zero-order chi connectivity index (χ0) is 19.3. The maximum Gasteiger partial charge on any atom is 0.348 e. The molecule has 1 aromatic carbocycles. The van der Waals surface area contributed by atoms with Crippen LogP contribution in [0.5, 0.6) is 0 Å². The Morgan fingerprint density at radius 2 is 1.85 bits per heavy atom. The third kappa shape index (κ3) is 4.21. The summed E-state index contributed by atoms with van der Waals surface area (Å²) < 4.78 is 10.3. The van der Waals surface area contributed by atoms with Gasteiger partial charge in [-0.25, -0.2) is 9.59 Å². The standard InChI is InChI=1S/C19H20N2O4S/c1-4-24-19(23)16-15(14(9-20)17(21)26-16)10-25-18(22)13-7-5-12(6-8-13)11(2)3/h5-8,11H,4,10,21H2,1-3H3. The maximum atomic E-state index is 12.3. The van der Waals surface area contributed by atoms with E-state index < -0.39 is 11.9 Å². The van der Waals surface area contributed by atoms with Crippen LogP contribution in [0.25, 0.3) is 0 Å². The largest absolute Gasteiger partial charge is 0.462 e. The van der Waals surface area contributed by atoms with E-state index in [0.29, 0.717) is 11.5 Å². The van der Waals surface area contributed by atoms with Crippen molar-refractivity contribution in [3.05, 3.63) is 51.4 Å². The first-order valence-electron chi connectivity index (χ1n) is 8.14.